The lowest BCUT2D eigenvalue weighted by molar-refractivity contribution is -0.274. The third-order valence-electron chi connectivity index (χ3n) is 8.70. The molecule has 3 amide bonds. The molecular weight excluding hydrogens is 721 g/mol. The maximum absolute atomic E-state index is 12.6. The number of rotatable bonds is 16. The predicted octanol–water partition coefficient (Wildman–Crippen LogP) is 7.36. The number of piperidine rings is 1. The zero-order valence-electron chi connectivity index (χ0n) is 30.1. The molecule has 12 nitrogen and oxygen atoms in total. The summed E-state index contributed by atoms with van der Waals surface area (Å²) in [5.41, 5.74) is 2.96. The average Bonchev–Trinajstić information content (AvgIpc) is 3.78. The van der Waals surface area contributed by atoms with Gasteiger partial charge in [-0.05, 0) is 85.2 Å². The Kier molecular flexibility index (Phi) is 12.2. The van der Waals surface area contributed by atoms with Crippen LogP contribution in [0.5, 0.6) is 11.5 Å². The van der Waals surface area contributed by atoms with Gasteiger partial charge in [0.25, 0.3) is 5.91 Å². The normalized spacial score (nSPS) is 15.6. The van der Waals surface area contributed by atoms with Crippen molar-refractivity contribution < 1.29 is 50.9 Å². The lowest BCUT2D eigenvalue weighted by Crippen LogP contribution is -2.39. The number of amides is 3. The zero-order valence-corrected chi connectivity index (χ0v) is 30.1. The first-order valence-electron chi connectivity index (χ1n) is 17.7. The molecule has 1 fully saturated rings. The molecule has 1 aliphatic heterocycles. The van der Waals surface area contributed by atoms with Gasteiger partial charge in [0, 0.05) is 35.6 Å². The Morgan fingerprint density at radius 1 is 1.05 bits per heavy atom. The van der Waals surface area contributed by atoms with E-state index in [1.807, 2.05) is 43.3 Å². The van der Waals surface area contributed by atoms with Crippen LogP contribution in [0.2, 0.25) is 0 Å². The van der Waals surface area contributed by atoms with Crippen LogP contribution in [-0.2, 0) is 23.9 Å². The number of nitrogens with zero attached hydrogens (tertiary/aromatic N) is 1. The third-order valence-corrected chi connectivity index (χ3v) is 8.70. The molecule has 0 bridgehead atoms. The molecule has 3 N–H and O–H groups in total. The van der Waals surface area contributed by atoms with Gasteiger partial charge in [-0.1, -0.05) is 19.1 Å². The smallest absolute Gasteiger partial charge is 0.491 e. The van der Waals surface area contributed by atoms with E-state index in [2.05, 4.69) is 25.3 Å². The molecule has 15 heteroatoms. The lowest BCUT2D eigenvalue weighted by atomic mass is 9.89. The lowest BCUT2D eigenvalue weighted by Gasteiger charge is -2.20. The van der Waals surface area contributed by atoms with Gasteiger partial charge in [-0.25, -0.2) is 4.98 Å². The number of hydrogen-bond acceptors (Lipinski definition) is 9. The second kappa shape index (κ2) is 17.4. The van der Waals surface area contributed by atoms with E-state index in [1.165, 1.54) is 18.2 Å². The quantitative estimate of drug-likeness (QED) is 0.0405. The molecule has 1 saturated heterocycles. The number of imidazole rings is 1. The van der Waals surface area contributed by atoms with Crippen molar-refractivity contribution in [1.29, 1.82) is 0 Å². The Labute approximate surface area is 313 Å². The fourth-order valence-corrected chi connectivity index (χ4v) is 6.17. The van der Waals surface area contributed by atoms with Crippen molar-refractivity contribution in [2.75, 3.05) is 33.0 Å². The number of carbonyl (C=O) groups excluding carboxylic acids is 3. The SMILES string of the molecule is C\C=C(/C=C\C(=C\CC)c1nc2ccc(OC(F)(F)F)cc2[nH]1)OCC(=O)NCCOCCOc1ccc2c(ccc3occ(C4CCC(=O)NC4=O)c32)c1. The highest BCUT2D eigenvalue weighted by Crippen LogP contribution is 2.38. The van der Waals surface area contributed by atoms with Crippen LogP contribution in [0.15, 0.2) is 89.3 Å². The summed E-state index contributed by atoms with van der Waals surface area (Å²) in [5.74, 6) is -0.214. The Morgan fingerprint density at radius 3 is 2.67 bits per heavy atom. The summed E-state index contributed by atoms with van der Waals surface area (Å²) >= 11 is 0. The first-order chi connectivity index (χ1) is 26.5. The second-order valence-electron chi connectivity index (χ2n) is 12.5. The van der Waals surface area contributed by atoms with Crippen molar-refractivity contribution in [3.05, 3.63) is 96.2 Å². The molecule has 55 heavy (non-hydrogen) atoms. The maximum Gasteiger partial charge on any atom is 0.573 e. The number of hydrogen-bond donors (Lipinski definition) is 3. The van der Waals surface area contributed by atoms with Crippen LogP contribution in [0.1, 0.15) is 50.4 Å². The first-order valence-corrected chi connectivity index (χ1v) is 17.7. The summed E-state index contributed by atoms with van der Waals surface area (Å²) in [7, 11) is 0. The van der Waals surface area contributed by atoms with Crippen molar-refractivity contribution in [3.8, 4) is 11.5 Å². The van der Waals surface area contributed by atoms with Crippen LogP contribution in [-0.4, -0.2) is 67.0 Å². The van der Waals surface area contributed by atoms with Crippen molar-refractivity contribution >= 4 is 56.1 Å². The van der Waals surface area contributed by atoms with Gasteiger partial charge in [0.2, 0.25) is 11.8 Å². The van der Waals surface area contributed by atoms with E-state index in [9.17, 15) is 27.6 Å². The van der Waals surface area contributed by atoms with Gasteiger partial charge in [-0.15, -0.1) is 13.2 Å². The van der Waals surface area contributed by atoms with Gasteiger partial charge in [0.05, 0.1) is 36.4 Å². The van der Waals surface area contributed by atoms with Crippen molar-refractivity contribution in [2.24, 2.45) is 0 Å². The molecule has 0 aliphatic carbocycles. The van der Waals surface area contributed by atoms with Crippen molar-refractivity contribution in [2.45, 2.75) is 45.4 Å². The summed E-state index contributed by atoms with van der Waals surface area (Å²) in [6.45, 7) is 4.57. The molecule has 6 rings (SSSR count). The Bertz CT molecular complexity index is 2290. The Balaban J connectivity index is 0.919. The van der Waals surface area contributed by atoms with Crippen LogP contribution in [0, 0.1) is 0 Å². The number of ether oxygens (including phenoxy) is 4. The van der Waals surface area contributed by atoms with E-state index in [1.54, 1.807) is 31.4 Å². The highest BCUT2D eigenvalue weighted by Gasteiger charge is 2.32. The highest BCUT2D eigenvalue weighted by atomic mass is 19.4. The number of imide groups is 1. The molecule has 0 radical (unpaired) electrons. The van der Waals surface area contributed by atoms with Crippen LogP contribution in [0.3, 0.4) is 0 Å². The zero-order chi connectivity index (χ0) is 39.0. The third kappa shape index (κ3) is 9.92. The largest absolute Gasteiger partial charge is 0.573 e. The number of nitrogens with one attached hydrogen (secondary N) is 3. The number of alkyl halides is 3. The number of carbonyl (C=O) groups is 3. The van der Waals surface area contributed by atoms with Gasteiger partial charge < -0.3 is 33.7 Å². The minimum Gasteiger partial charge on any atom is -0.491 e. The van der Waals surface area contributed by atoms with E-state index < -0.39 is 12.3 Å². The van der Waals surface area contributed by atoms with E-state index >= 15 is 0 Å². The van der Waals surface area contributed by atoms with Crippen LogP contribution in [0.25, 0.3) is 38.3 Å². The van der Waals surface area contributed by atoms with Crippen LogP contribution >= 0.6 is 0 Å². The average molecular weight is 761 g/mol. The molecule has 1 aliphatic rings. The minimum atomic E-state index is -4.80. The summed E-state index contributed by atoms with van der Waals surface area (Å²) in [4.78, 5) is 44.1. The summed E-state index contributed by atoms with van der Waals surface area (Å²) in [6, 6.07) is 13.3. The van der Waals surface area contributed by atoms with E-state index in [-0.39, 0.29) is 56.3 Å². The fraction of sp³-hybridized carbons (Fsp3) is 0.300. The summed E-state index contributed by atoms with van der Waals surface area (Å²) < 4.78 is 64.9. The number of furan rings is 1. The molecule has 1 unspecified atom stereocenters. The molecule has 288 valence electrons. The van der Waals surface area contributed by atoms with Gasteiger partial charge in [-0.2, -0.15) is 0 Å². The van der Waals surface area contributed by atoms with Gasteiger partial charge in [0.15, 0.2) is 6.61 Å². The molecular formula is C40H39F3N4O8. The van der Waals surface area contributed by atoms with Crippen LogP contribution in [0.4, 0.5) is 13.2 Å². The van der Waals surface area contributed by atoms with Gasteiger partial charge >= 0.3 is 6.36 Å². The molecule has 3 heterocycles. The van der Waals surface area contributed by atoms with E-state index in [0.29, 0.717) is 59.0 Å². The molecule has 2 aromatic heterocycles. The Morgan fingerprint density at radius 2 is 1.89 bits per heavy atom. The number of benzene rings is 3. The number of aromatic amines is 1. The first kappa shape index (κ1) is 38.6. The number of H-pyrrole nitrogens is 1. The summed E-state index contributed by atoms with van der Waals surface area (Å²) in [5, 5.41) is 7.82. The maximum atomic E-state index is 12.6. The number of fused-ring (bicyclic) bond motifs is 4. The van der Waals surface area contributed by atoms with Crippen molar-refractivity contribution in [1.82, 2.24) is 20.6 Å². The molecule has 0 saturated carbocycles. The highest BCUT2D eigenvalue weighted by molar-refractivity contribution is 6.10. The molecule has 1 atom stereocenters. The van der Waals surface area contributed by atoms with Crippen molar-refractivity contribution in [3.63, 3.8) is 0 Å². The topological polar surface area (TPSA) is 154 Å². The van der Waals surface area contributed by atoms with Gasteiger partial charge in [-0.3, -0.25) is 19.7 Å². The Hall–Kier alpha value is -6.09. The standard InChI is InChI=1S/C40H39F3N4O8/c1-3-5-24(38-45-32-13-10-28(21-33(32)46-38)55-40(41,42)43)6-8-26(4-2)53-23-36(49)44-16-17-51-18-19-52-27-9-11-29-25(20-27)7-14-34-37(29)31(22-54-34)30-12-15-35(48)47-39(30)50/h4-11,13-14,20-22,30H,3,12,15-19,23H2,1-2H3,(H,44,49)(H,45,46)(H,47,48,50)/b8-6-,24-5-,26-4+. The summed E-state index contributed by atoms with van der Waals surface area (Å²) in [6.07, 6.45) is 5.18. The number of allylic oxidation sites excluding steroid dienone is 5. The van der Waals surface area contributed by atoms with E-state index in [0.717, 1.165) is 21.7 Å². The molecule has 0 spiro atoms. The predicted molar refractivity (Wildman–Crippen MR) is 198 cm³/mol. The molecule has 3 aromatic carbocycles. The van der Waals surface area contributed by atoms with Crippen LogP contribution < -0.4 is 20.1 Å². The fourth-order valence-electron chi connectivity index (χ4n) is 6.17. The number of aromatic nitrogens is 2. The number of halogens is 3. The monoisotopic (exact) mass is 760 g/mol. The van der Waals surface area contributed by atoms with E-state index in [4.69, 9.17) is 18.6 Å². The second-order valence-corrected chi connectivity index (χ2v) is 12.5. The minimum absolute atomic E-state index is 0.228. The molecule has 5 aromatic rings. The van der Waals surface area contributed by atoms with Gasteiger partial charge in [0.1, 0.15) is 35.3 Å².